The topological polar surface area (TPSA) is 36.1 Å². The van der Waals surface area contributed by atoms with Crippen molar-refractivity contribution in [2.75, 3.05) is 16.0 Å². The van der Waals surface area contributed by atoms with Crippen molar-refractivity contribution in [1.82, 2.24) is 0 Å². The average Bonchev–Trinajstić information content (AvgIpc) is 2.70. The molecule has 0 atom stereocenters. The molecule has 2 radical (unpaired) electrons. The molecule has 3 N–H and O–H groups in total. The van der Waals surface area contributed by atoms with E-state index >= 15 is 0 Å². The van der Waals surface area contributed by atoms with Crippen LogP contribution in [0, 0.1) is 0 Å². The SMILES string of the molecule is [Na].[Na].c1ccc(Nc2cc(Nc3ccccc3)cc(Nc3ccccc3)c2)cc1. The van der Waals surface area contributed by atoms with E-state index in [1.165, 1.54) is 0 Å². The van der Waals surface area contributed by atoms with Crippen LogP contribution < -0.4 is 16.0 Å². The third-order valence-electron chi connectivity index (χ3n) is 4.12. The summed E-state index contributed by atoms with van der Waals surface area (Å²) in [5.74, 6) is 0. The number of para-hydroxylation sites is 3. The molecule has 0 saturated heterocycles. The van der Waals surface area contributed by atoms with Gasteiger partial charge in [-0.2, -0.15) is 0 Å². The zero-order valence-corrected chi connectivity index (χ0v) is 20.9. The van der Waals surface area contributed by atoms with Gasteiger partial charge in [0.05, 0.1) is 0 Å². The minimum atomic E-state index is 0. The first-order valence-electron chi connectivity index (χ1n) is 8.96. The quantitative estimate of drug-likeness (QED) is 0.341. The van der Waals surface area contributed by atoms with Crippen LogP contribution in [0.2, 0.25) is 0 Å². The fourth-order valence-electron chi connectivity index (χ4n) is 2.91. The van der Waals surface area contributed by atoms with E-state index in [1.54, 1.807) is 0 Å². The number of anilines is 6. The summed E-state index contributed by atoms with van der Waals surface area (Å²) in [5, 5.41) is 10.4. The summed E-state index contributed by atoms with van der Waals surface area (Å²) in [6, 6.07) is 36.9. The molecule has 5 heteroatoms. The summed E-state index contributed by atoms with van der Waals surface area (Å²) in [6.07, 6.45) is 0. The van der Waals surface area contributed by atoms with E-state index in [2.05, 4.69) is 70.5 Å². The number of hydrogen-bond donors (Lipinski definition) is 3. The van der Waals surface area contributed by atoms with Crippen molar-refractivity contribution >= 4 is 93.2 Å². The van der Waals surface area contributed by atoms with Crippen LogP contribution in [0.1, 0.15) is 0 Å². The molecular formula is C24H21N3Na2. The third-order valence-corrected chi connectivity index (χ3v) is 4.12. The van der Waals surface area contributed by atoms with Crippen molar-refractivity contribution in [2.24, 2.45) is 0 Å². The molecule has 0 aliphatic carbocycles. The van der Waals surface area contributed by atoms with Crippen LogP contribution in [-0.4, -0.2) is 59.1 Å². The summed E-state index contributed by atoms with van der Waals surface area (Å²) in [7, 11) is 0. The number of benzene rings is 4. The van der Waals surface area contributed by atoms with E-state index in [0.29, 0.717) is 0 Å². The van der Waals surface area contributed by atoms with E-state index in [1.807, 2.05) is 54.6 Å². The van der Waals surface area contributed by atoms with E-state index in [9.17, 15) is 0 Å². The predicted octanol–water partition coefficient (Wildman–Crippen LogP) is 6.16. The zero-order chi connectivity index (χ0) is 18.3. The third kappa shape index (κ3) is 7.23. The van der Waals surface area contributed by atoms with Crippen LogP contribution in [0.25, 0.3) is 0 Å². The summed E-state index contributed by atoms with van der Waals surface area (Å²) in [6.45, 7) is 0. The maximum Gasteiger partial charge on any atom is 0.0425 e. The molecule has 0 amide bonds. The molecule has 0 unspecified atom stereocenters. The molecule has 4 aromatic carbocycles. The zero-order valence-electron chi connectivity index (χ0n) is 16.9. The molecule has 3 nitrogen and oxygen atoms in total. The second kappa shape index (κ2) is 12.1. The monoisotopic (exact) mass is 397 g/mol. The molecule has 0 aromatic heterocycles. The van der Waals surface area contributed by atoms with Gasteiger partial charge in [0.25, 0.3) is 0 Å². The number of nitrogens with one attached hydrogen (secondary N) is 3. The molecule has 4 aromatic rings. The Hall–Kier alpha value is -1.72. The fraction of sp³-hybridized carbons (Fsp3) is 0. The van der Waals surface area contributed by atoms with Crippen LogP contribution in [0.4, 0.5) is 34.1 Å². The van der Waals surface area contributed by atoms with Crippen LogP contribution in [-0.2, 0) is 0 Å². The second-order valence-electron chi connectivity index (χ2n) is 6.27. The smallest absolute Gasteiger partial charge is 0.0425 e. The van der Waals surface area contributed by atoms with Crippen LogP contribution in [0.15, 0.2) is 109 Å². The molecule has 29 heavy (non-hydrogen) atoms. The fourth-order valence-corrected chi connectivity index (χ4v) is 2.91. The normalized spacial score (nSPS) is 9.52. The Morgan fingerprint density at radius 3 is 0.793 bits per heavy atom. The minimum absolute atomic E-state index is 0. The molecule has 0 saturated carbocycles. The summed E-state index contributed by atoms with van der Waals surface area (Å²) < 4.78 is 0. The first-order valence-corrected chi connectivity index (χ1v) is 8.96. The Morgan fingerprint density at radius 2 is 0.552 bits per heavy atom. The summed E-state index contributed by atoms with van der Waals surface area (Å²) in [5.41, 5.74) is 6.21. The van der Waals surface area contributed by atoms with Gasteiger partial charge >= 0.3 is 0 Å². The van der Waals surface area contributed by atoms with Crippen LogP contribution in [0.3, 0.4) is 0 Å². The summed E-state index contributed by atoms with van der Waals surface area (Å²) >= 11 is 0. The minimum Gasteiger partial charge on any atom is -0.355 e. The van der Waals surface area contributed by atoms with E-state index in [4.69, 9.17) is 0 Å². The Bertz CT molecular complexity index is 850. The van der Waals surface area contributed by atoms with Crippen molar-refractivity contribution in [1.29, 1.82) is 0 Å². The van der Waals surface area contributed by atoms with Gasteiger partial charge in [-0.1, -0.05) is 54.6 Å². The molecule has 0 aliphatic rings. The molecule has 4 rings (SSSR count). The number of hydrogen-bond acceptors (Lipinski definition) is 3. The van der Waals surface area contributed by atoms with Gasteiger partial charge < -0.3 is 16.0 Å². The van der Waals surface area contributed by atoms with Gasteiger partial charge in [-0.25, -0.2) is 0 Å². The standard InChI is InChI=1S/C24H21N3.2Na/c1-4-10-19(11-5-1)25-22-16-23(26-20-12-6-2-7-13-20)18-24(17-22)27-21-14-8-3-9-15-21;;/h1-18,25-27H;;. The van der Waals surface area contributed by atoms with Gasteiger partial charge in [-0.05, 0) is 54.6 Å². The Morgan fingerprint density at radius 1 is 0.310 bits per heavy atom. The molecule has 0 fully saturated rings. The van der Waals surface area contributed by atoms with Crippen molar-refractivity contribution in [2.45, 2.75) is 0 Å². The van der Waals surface area contributed by atoms with Crippen LogP contribution in [0.5, 0.6) is 0 Å². The first-order chi connectivity index (χ1) is 13.3. The molecular weight excluding hydrogens is 376 g/mol. The molecule has 0 heterocycles. The molecule has 0 aliphatic heterocycles. The summed E-state index contributed by atoms with van der Waals surface area (Å²) in [4.78, 5) is 0. The number of rotatable bonds is 6. The van der Waals surface area contributed by atoms with Crippen LogP contribution >= 0.6 is 0 Å². The van der Waals surface area contributed by atoms with Gasteiger partial charge in [-0.3, -0.25) is 0 Å². The maximum absolute atomic E-state index is 3.48. The molecule has 0 bridgehead atoms. The Labute approximate surface area is 216 Å². The average molecular weight is 397 g/mol. The van der Waals surface area contributed by atoms with Gasteiger partial charge in [0.1, 0.15) is 0 Å². The van der Waals surface area contributed by atoms with Gasteiger partial charge in [0.2, 0.25) is 0 Å². The first kappa shape index (κ1) is 23.6. The van der Waals surface area contributed by atoms with E-state index < -0.39 is 0 Å². The molecule has 134 valence electrons. The van der Waals surface area contributed by atoms with Gasteiger partial charge in [0, 0.05) is 93.2 Å². The van der Waals surface area contributed by atoms with Gasteiger partial charge in [0.15, 0.2) is 0 Å². The van der Waals surface area contributed by atoms with Crippen molar-refractivity contribution < 1.29 is 0 Å². The molecule has 0 spiro atoms. The predicted molar refractivity (Wildman–Crippen MR) is 127 cm³/mol. The second-order valence-corrected chi connectivity index (χ2v) is 6.27. The van der Waals surface area contributed by atoms with Crippen molar-refractivity contribution in [3.8, 4) is 0 Å². The van der Waals surface area contributed by atoms with Gasteiger partial charge in [-0.15, -0.1) is 0 Å². The Kier molecular flexibility index (Phi) is 9.82. The van der Waals surface area contributed by atoms with E-state index in [-0.39, 0.29) is 59.1 Å². The van der Waals surface area contributed by atoms with Crippen molar-refractivity contribution in [3.05, 3.63) is 109 Å². The largest absolute Gasteiger partial charge is 0.355 e. The van der Waals surface area contributed by atoms with Crippen molar-refractivity contribution in [3.63, 3.8) is 0 Å². The maximum atomic E-state index is 3.48. The van der Waals surface area contributed by atoms with E-state index in [0.717, 1.165) is 34.1 Å². The Balaban J connectivity index is 0.00000150.